The van der Waals surface area contributed by atoms with Gasteiger partial charge in [-0.3, -0.25) is 5.43 Å². The number of benzene rings is 2. The van der Waals surface area contributed by atoms with Crippen LogP contribution in [0.25, 0.3) is 5.57 Å². The fraction of sp³-hybridized carbons (Fsp3) is 0.318. The maximum atomic E-state index is 5.65. The number of hydrazone groups is 1. The average Bonchev–Trinajstić information content (AvgIpc) is 2.62. The number of para-hydroxylation sites is 1. The summed E-state index contributed by atoms with van der Waals surface area (Å²) in [5.41, 5.74) is 8.68. The maximum absolute atomic E-state index is 5.65. The summed E-state index contributed by atoms with van der Waals surface area (Å²) in [6, 6.07) is 14.2. The van der Waals surface area contributed by atoms with Crippen LogP contribution in [0.3, 0.4) is 0 Å². The van der Waals surface area contributed by atoms with Crippen molar-refractivity contribution in [1.82, 2.24) is 0 Å². The van der Waals surface area contributed by atoms with Gasteiger partial charge in [0.15, 0.2) is 0 Å². The van der Waals surface area contributed by atoms with Crippen molar-refractivity contribution in [1.29, 1.82) is 0 Å². The molecule has 0 saturated heterocycles. The van der Waals surface area contributed by atoms with E-state index in [1.807, 2.05) is 36.5 Å². The second-order valence-electron chi connectivity index (χ2n) is 7.07. The first-order valence-corrected chi connectivity index (χ1v) is 9.00. The van der Waals surface area contributed by atoms with E-state index in [1.165, 1.54) is 16.8 Å². The van der Waals surface area contributed by atoms with Crippen LogP contribution >= 0.6 is 0 Å². The van der Waals surface area contributed by atoms with Gasteiger partial charge in [-0.1, -0.05) is 24.3 Å². The summed E-state index contributed by atoms with van der Waals surface area (Å²) in [4.78, 5) is 2.40. The van der Waals surface area contributed by atoms with Crippen LogP contribution in [0.5, 0.6) is 5.75 Å². The summed E-state index contributed by atoms with van der Waals surface area (Å²) in [7, 11) is 1.71. The van der Waals surface area contributed by atoms with Gasteiger partial charge in [0.25, 0.3) is 0 Å². The number of likely N-dealkylation sites (N-methyl/N-ethyl adjacent to an activating group) is 1. The van der Waals surface area contributed by atoms with Gasteiger partial charge < -0.3 is 9.64 Å². The number of fused-ring (bicyclic) bond motifs is 1. The van der Waals surface area contributed by atoms with Crippen molar-refractivity contribution in [3.05, 3.63) is 59.7 Å². The summed E-state index contributed by atoms with van der Waals surface area (Å²) in [6.45, 7) is 9.79. The van der Waals surface area contributed by atoms with Gasteiger partial charge in [-0.05, 0) is 51.5 Å². The molecule has 0 fully saturated rings. The van der Waals surface area contributed by atoms with Crippen LogP contribution in [0.4, 0.5) is 11.4 Å². The van der Waals surface area contributed by atoms with Crippen molar-refractivity contribution < 1.29 is 4.74 Å². The van der Waals surface area contributed by atoms with Crippen molar-refractivity contribution in [2.75, 3.05) is 24.0 Å². The van der Waals surface area contributed by atoms with E-state index in [0.717, 1.165) is 23.5 Å². The molecule has 2 aromatic carbocycles. The molecule has 0 aliphatic carbocycles. The second-order valence-corrected chi connectivity index (χ2v) is 7.07. The van der Waals surface area contributed by atoms with Gasteiger partial charge in [0, 0.05) is 29.4 Å². The third kappa shape index (κ3) is 3.45. The molecule has 4 nitrogen and oxygen atoms in total. The van der Waals surface area contributed by atoms with Crippen molar-refractivity contribution in [3.63, 3.8) is 0 Å². The quantitative estimate of drug-likeness (QED) is 0.598. The number of nitrogens with zero attached hydrogens (tertiary/aromatic N) is 2. The molecule has 0 atom stereocenters. The molecular formula is C22H27N3O. The van der Waals surface area contributed by atoms with Gasteiger partial charge in [0.1, 0.15) is 5.75 Å². The molecule has 136 valence electrons. The molecular weight excluding hydrogens is 322 g/mol. The first kappa shape index (κ1) is 18.1. The Morgan fingerprint density at radius 2 is 1.92 bits per heavy atom. The minimum absolute atomic E-state index is 0.0126. The first-order valence-electron chi connectivity index (χ1n) is 9.00. The highest BCUT2D eigenvalue weighted by Gasteiger charge is 2.31. The van der Waals surface area contributed by atoms with Gasteiger partial charge in [0.05, 0.1) is 24.6 Å². The third-order valence-corrected chi connectivity index (χ3v) is 4.82. The lowest BCUT2D eigenvalue weighted by Crippen LogP contribution is -2.44. The molecule has 3 rings (SSSR count). The van der Waals surface area contributed by atoms with E-state index in [1.54, 1.807) is 7.11 Å². The zero-order chi connectivity index (χ0) is 18.7. The molecule has 0 unspecified atom stereocenters. The number of nitrogens with one attached hydrogen (secondary N) is 1. The molecule has 1 heterocycles. The monoisotopic (exact) mass is 349 g/mol. The highest BCUT2D eigenvalue weighted by atomic mass is 16.5. The molecule has 2 aromatic rings. The SMILES string of the molecule is CCN1c2cc(OC)c(/C=N\Nc3ccccc3)cc2C(C)=CC1(C)C. The molecule has 0 amide bonds. The number of ether oxygens (including phenoxy) is 1. The summed E-state index contributed by atoms with van der Waals surface area (Å²) in [6.07, 6.45) is 4.14. The third-order valence-electron chi connectivity index (χ3n) is 4.82. The number of hydrogen-bond donors (Lipinski definition) is 1. The van der Waals surface area contributed by atoms with Gasteiger partial charge in [-0.25, -0.2) is 0 Å². The van der Waals surface area contributed by atoms with Crippen molar-refractivity contribution >= 4 is 23.2 Å². The number of rotatable bonds is 5. The Balaban J connectivity index is 1.97. The van der Waals surface area contributed by atoms with Gasteiger partial charge in [-0.15, -0.1) is 0 Å². The maximum Gasteiger partial charge on any atom is 0.129 e. The topological polar surface area (TPSA) is 36.9 Å². The number of hydrogen-bond acceptors (Lipinski definition) is 4. The number of allylic oxidation sites excluding steroid dienone is 1. The lowest BCUT2D eigenvalue weighted by molar-refractivity contribution is 0.413. The molecule has 0 spiro atoms. The molecule has 1 N–H and O–H groups in total. The Kier molecular flexibility index (Phi) is 5.03. The normalized spacial score (nSPS) is 15.6. The van der Waals surface area contributed by atoms with E-state index in [-0.39, 0.29) is 5.54 Å². The number of anilines is 2. The zero-order valence-electron chi connectivity index (χ0n) is 16.2. The molecule has 26 heavy (non-hydrogen) atoms. The Morgan fingerprint density at radius 1 is 1.19 bits per heavy atom. The molecule has 1 aliphatic heterocycles. The van der Waals surface area contributed by atoms with E-state index in [9.17, 15) is 0 Å². The van der Waals surface area contributed by atoms with Crippen LogP contribution in [0.1, 0.15) is 38.8 Å². The van der Waals surface area contributed by atoms with E-state index in [0.29, 0.717) is 0 Å². The second kappa shape index (κ2) is 7.24. The molecule has 0 radical (unpaired) electrons. The predicted molar refractivity (Wildman–Crippen MR) is 111 cm³/mol. The molecule has 0 bridgehead atoms. The lowest BCUT2D eigenvalue weighted by atomic mass is 9.88. The highest BCUT2D eigenvalue weighted by molar-refractivity contribution is 5.91. The van der Waals surface area contributed by atoms with Crippen LogP contribution in [-0.4, -0.2) is 25.4 Å². The lowest BCUT2D eigenvalue weighted by Gasteiger charge is -2.43. The fourth-order valence-corrected chi connectivity index (χ4v) is 3.67. The summed E-state index contributed by atoms with van der Waals surface area (Å²) >= 11 is 0. The predicted octanol–water partition coefficient (Wildman–Crippen LogP) is 5.16. The standard InChI is InChI=1S/C22H27N3O/c1-6-25-20-13-21(26-5)17(12-19(20)16(2)14-22(25,3)4)15-23-24-18-10-8-7-9-11-18/h7-15,24H,6H2,1-5H3/b23-15-. The smallest absolute Gasteiger partial charge is 0.129 e. The fourth-order valence-electron chi connectivity index (χ4n) is 3.67. The van der Waals surface area contributed by atoms with Crippen molar-refractivity contribution in [2.45, 2.75) is 33.2 Å². The minimum Gasteiger partial charge on any atom is -0.496 e. The largest absolute Gasteiger partial charge is 0.496 e. The van der Waals surface area contributed by atoms with E-state index in [2.05, 4.69) is 61.3 Å². The van der Waals surface area contributed by atoms with Gasteiger partial charge >= 0.3 is 0 Å². The molecule has 4 heteroatoms. The van der Waals surface area contributed by atoms with Gasteiger partial charge in [-0.2, -0.15) is 5.10 Å². The zero-order valence-corrected chi connectivity index (χ0v) is 16.2. The average molecular weight is 349 g/mol. The van der Waals surface area contributed by atoms with Crippen LogP contribution in [0, 0.1) is 0 Å². The molecule has 1 aliphatic rings. The Morgan fingerprint density at radius 3 is 2.58 bits per heavy atom. The van der Waals surface area contributed by atoms with E-state index < -0.39 is 0 Å². The van der Waals surface area contributed by atoms with Crippen molar-refractivity contribution in [2.24, 2.45) is 5.10 Å². The van der Waals surface area contributed by atoms with Gasteiger partial charge in [0.2, 0.25) is 0 Å². The Labute approximate surface area is 156 Å². The highest BCUT2D eigenvalue weighted by Crippen LogP contribution is 2.41. The van der Waals surface area contributed by atoms with Crippen LogP contribution in [0.15, 0.2) is 53.6 Å². The Bertz CT molecular complexity index is 838. The van der Waals surface area contributed by atoms with Crippen molar-refractivity contribution in [3.8, 4) is 5.75 Å². The van der Waals surface area contributed by atoms with Crippen LogP contribution < -0.4 is 15.1 Å². The molecule has 0 aromatic heterocycles. The van der Waals surface area contributed by atoms with Crippen LogP contribution in [0.2, 0.25) is 0 Å². The van der Waals surface area contributed by atoms with Crippen LogP contribution in [-0.2, 0) is 0 Å². The first-order chi connectivity index (χ1) is 12.5. The summed E-state index contributed by atoms with van der Waals surface area (Å²) in [5, 5.41) is 4.37. The number of methoxy groups -OCH3 is 1. The van der Waals surface area contributed by atoms with E-state index >= 15 is 0 Å². The van der Waals surface area contributed by atoms with E-state index in [4.69, 9.17) is 4.74 Å². The molecule has 0 saturated carbocycles. The Hall–Kier alpha value is -2.75. The summed E-state index contributed by atoms with van der Waals surface area (Å²) < 4.78 is 5.65. The summed E-state index contributed by atoms with van der Waals surface area (Å²) in [5.74, 6) is 0.825. The minimum atomic E-state index is -0.0126.